The van der Waals surface area contributed by atoms with Crippen molar-refractivity contribution in [3.8, 4) is 0 Å². The van der Waals surface area contributed by atoms with E-state index in [0.717, 1.165) is 21.9 Å². The number of hydrogen-bond acceptors (Lipinski definition) is 3. The zero-order valence-corrected chi connectivity index (χ0v) is 14.3. The number of esters is 1. The summed E-state index contributed by atoms with van der Waals surface area (Å²) in [6, 6.07) is 22.1. The molecule has 3 aromatic rings. The summed E-state index contributed by atoms with van der Waals surface area (Å²) in [4.78, 5) is 16.5. The fraction of sp³-hybridized carbons (Fsp3) is 0.0435. The van der Waals surface area contributed by atoms with Gasteiger partial charge in [-0.2, -0.15) is 0 Å². The van der Waals surface area contributed by atoms with Crippen molar-refractivity contribution in [2.75, 3.05) is 0 Å². The molecule has 0 radical (unpaired) electrons. The molecule has 3 heteroatoms. The molecule has 0 saturated carbocycles. The van der Waals surface area contributed by atoms with E-state index in [1.807, 2.05) is 79.7 Å². The Morgan fingerprint density at radius 1 is 0.885 bits per heavy atom. The zero-order valence-electron chi connectivity index (χ0n) is 14.3. The molecule has 0 fully saturated rings. The number of cyclic esters (lactones) is 1. The SMILES string of the molecule is Cc1ccc(/C=C/C2=NC(=C\c3cccc4ccccc34)/C(=O)O2)cc1. The largest absolute Gasteiger partial charge is 0.403 e. The van der Waals surface area contributed by atoms with E-state index in [0.29, 0.717) is 11.6 Å². The lowest BCUT2D eigenvalue weighted by Gasteiger charge is -2.01. The minimum absolute atomic E-state index is 0.307. The molecule has 3 aromatic carbocycles. The predicted molar refractivity (Wildman–Crippen MR) is 106 cm³/mol. The van der Waals surface area contributed by atoms with Crippen LogP contribution in [-0.2, 0) is 9.53 Å². The average molecular weight is 339 g/mol. The van der Waals surface area contributed by atoms with Gasteiger partial charge in [0.05, 0.1) is 0 Å². The van der Waals surface area contributed by atoms with Gasteiger partial charge in [-0.05, 0) is 41.0 Å². The number of hydrogen-bond donors (Lipinski definition) is 0. The maximum absolute atomic E-state index is 12.1. The average Bonchev–Trinajstić information content (AvgIpc) is 3.01. The molecule has 1 aliphatic rings. The summed E-state index contributed by atoms with van der Waals surface area (Å²) >= 11 is 0. The van der Waals surface area contributed by atoms with Crippen molar-refractivity contribution in [2.45, 2.75) is 6.92 Å². The van der Waals surface area contributed by atoms with Gasteiger partial charge in [-0.1, -0.05) is 72.3 Å². The van der Waals surface area contributed by atoms with Gasteiger partial charge < -0.3 is 4.74 Å². The molecular formula is C23H17NO2. The first-order valence-corrected chi connectivity index (χ1v) is 8.44. The molecule has 0 N–H and O–H groups in total. The lowest BCUT2D eigenvalue weighted by molar-refractivity contribution is -0.129. The smallest absolute Gasteiger partial charge is 0.363 e. The number of aryl methyl sites for hydroxylation is 1. The van der Waals surface area contributed by atoms with Crippen LogP contribution in [0.25, 0.3) is 22.9 Å². The van der Waals surface area contributed by atoms with Gasteiger partial charge in [0, 0.05) is 6.08 Å². The van der Waals surface area contributed by atoms with Crippen LogP contribution in [0.1, 0.15) is 16.7 Å². The summed E-state index contributed by atoms with van der Waals surface area (Å²) in [6.07, 6.45) is 5.37. The molecular weight excluding hydrogens is 322 g/mol. The Hall–Kier alpha value is -3.46. The molecule has 0 saturated heterocycles. The number of benzene rings is 3. The normalized spacial score (nSPS) is 15.7. The first-order valence-electron chi connectivity index (χ1n) is 8.44. The number of fused-ring (bicyclic) bond motifs is 1. The van der Waals surface area contributed by atoms with Crippen molar-refractivity contribution in [1.29, 1.82) is 0 Å². The van der Waals surface area contributed by atoms with Gasteiger partial charge in [0.15, 0.2) is 5.70 Å². The molecule has 26 heavy (non-hydrogen) atoms. The van der Waals surface area contributed by atoms with E-state index in [-0.39, 0.29) is 0 Å². The predicted octanol–water partition coefficient (Wildman–Crippen LogP) is 5.16. The van der Waals surface area contributed by atoms with Gasteiger partial charge in [0.1, 0.15) is 0 Å². The van der Waals surface area contributed by atoms with E-state index in [1.54, 1.807) is 12.2 Å². The third-order valence-corrected chi connectivity index (χ3v) is 4.25. The standard InChI is InChI=1S/C23H17NO2/c1-16-9-11-17(12-10-16)13-14-22-24-21(23(25)26-22)15-19-7-4-6-18-5-2-3-8-20(18)19/h2-15H,1H3/b14-13+,21-15-. The van der Waals surface area contributed by atoms with Crippen molar-refractivity contribution in [2.24, 2.45) is 4.99 Å². The van der Waals surface area contributed by atoms with Crippen molar-refractivity contribution >= 4 is 34.8 Å². The lowest BCUT2D eigenvalue weighted by atomic mass is 10.0. The fourth-order valence-electron chi connectivity index (χ4n) is 2.87. The van der Waals surface area contributed by atoms with E-state index in [2.05, 4.69) is 4.99 Å². The topological polar surface area (TPSA) is 38.7 Å². The fourth-order valence-corrected chi connectivity index (χ4v) is 2.87. The highest BCUT2D eigenvalue weighted by molar-refractivity contribution is 6.12. The second-order valence-electron chi connectivity index (χ2n) is 6.18. The number of carbonyl (C=O) groups excluding carboxylic acids is 1. The minimum Gasteiger partial charge on any atom is -0.403 e. The third kappa shape index (κ3) is 3.33. The van der Waals surface area contributed by atoms with Crippen LogP contribution in [-0.4, -0.2) is 11.9 Å². The quantitative estimate of drug-likeness (QED) is 0.488. The van der Waals surface area contributed by atoms with Gasteiger partial charge in [-0.25, -0.2) is 9.79 Å². The van der Waals surface area contributed by atoms with Crippen LogP contribution >= 0.6 is 0 Å². The Bertz CT molecular complexity index is 1070. The molecule has 0 aliphatic carbocycles. The Morgan fingerprint density at radius 2 is 1.65 bits per heavy atom. The second kappa shape index (κ2) is 6.81. The Labute approximate surface area is 152 Å². The van der Waals surface area contributed by atoms with Gasteiger partial charge in [-0.15, -0.1) is 0 Å². The van der Waals surface area contributed by atoms with E-state index >= 15 is 0 Å². The van der Waals surface area contributed by atoms with E-state index < -0.39 is 5.97 Å². The van der Waals surface area contributed by atoms with Crippen LogP contribution in [0.2, 0.25) is 0 Å². The van der Waals surface area contributed by atoms with Crippen molar-refractivity contribution in [1.82, 2.24) is 0 Å². The van der Waals surface area contributed by atoms with Crippen LogP contribution in [0, 0.1) is 6.92 Å². The molecule has 1 aliphatic heterocycles. The third-order valence-electron chi connectivity index (χ3n) is 4.25. The summed E-state index contributed by atoms with van der Waals surface area (Å²) in [5.74, 6) is -0.122. The molecule has 126 valence electrons. The number of nitrogens with zero attached hydrogens (tertiary/aromatic N) is 1. The highest BCUT2D eigenvalue weighted by Gasteiger charge is 2.21. The minimum atomic E-state index is -0.429. The van der Waals surface area contributed by atoms with Gasteiger partial charge in [0.2, 0.25) is 5.90 Å². The molecule has 0 atom stereocenters. The Morgan fingerprint density at radius 3 is 2.50 bits per heavy atom. The molecule has 0 amide bonds. The molecule has 0 spiro atoms. The summed E-state index contributed by atoms with van der Waals surface area (Å²) in [7, 11) is 0. The maximum atomic E-state index is 12.1. The van der Waals surface area contributed by atoms with Crippen LogP contribution < -0.4 is 0 Å². The molecule has 0 aromatic heterocycles. The van der Waals surface area contributed by atoms with Crippen LogP contribution in [0.3, 0.4) is 0 Å². The van der Waals surface area contributed by atoms with Crippen molar-refractivity contribution in [3.05, 3.63) is 95.2 Å². The summed E-state index contributed by atoms with van der Waals surface area (Å²) in [5.41, 5.74) is 3.49. The van der Waals surface area contributed by atoms with Crippen LogP contribution in [0.15, 0.2) is 83.5 Å². The number of aliphatic imine (C=N–C) groups is 1. The highest BCUT2D eigenvalue weighted by Crippen LogP contribution is 2.23. The summed E-state index contributed by atoms with van der Waals surface area (Å²) < 4.78 is 5.26. The van der Waals surface area contributed by atoms with Crippen molar-refractivity contribution in [3.63, 3.8) is 0 Å². The molecule has 1 heterocycles. The zero-order chi connectivity index (χ0) is 17.9. The lowest BCUT2D eigenvalue weighted by Crippen LogP contribution is -2.01. The second-order valence-corrected chi connectivity index (χ2v) is 6.18. The van der Waals surface area contributed by atoms with E-state index in [1.165, 1.54) is 5.56 Å². The number of carbonyl (C=O) groups is 1. The molecule has 0 unspecified atom stereocenters. The first-order chi connectivity index (χ1) is 12.7. The number of ether oxygens (including phenoxy) is 1. The van der Waals surface area contributed by atoms with Crippen LogP contribution in [0.5, 0.6) is 0 Å². The van der Waals surface area contributed by atoms with Gasteiger partial charge >= 0.3 is 5.97 Å². The van der Waals surface area contributed by atoms with Crippen LogP contribution in [0.4, 0.5) is 0 Å². The Balaban J connectivity index is 1.63. The number of rotatable bonds is 3. The molecule has 4 rings (SSSR count). The maximum Gasteiger partial charge on any atom is 0.363 e. The molecule has 3 nitrogen and oxygen atoms in total. The monoisotopic (exact) mass is 339 g/mol. The van der Waals surface area contributed by atoms with Gasteiger partial charge in [0.25, 0.3) is 0 Å². The summed E-state index contributed by atoms with van der Waals surface area (Å²) in [5, 5.41) is 2.20. The highest BCUT2D eigenvalue weighted by atomic mass is 16.6. The van der Waals surface area contributed by atoms with E-state index in [4.69, 9.17) is 4.74 Å². The molecule has 0 bridgehead atoms. The summed E-state index contributed by atoms with van der Waals surface area (Å²) in [6.45, 7) is 2.04. The van der Waals surface area contributed by atoms with Gasteiger partial charge in [-0.3, -0.25) is 0 Å². The van der Waals surface area contributed by atoms with Crippen molar-refractivity contribution < 1.29 is 9.53 Å². The van der Waals surface area contributed by atoms with E-state index in [9.17, 15) is 4.79 Å². The first kappa shape index (κ1) is 16.0. The Kier molecular flexibility index (Phi) is 4.20.